The van der Waals surface area contributed by atoms with Gasteiger partial charge in [0.2, 0.25) is 0 Å². The molecule has 0 spiro atoms. The Morgan fingerprint density at radius 3 is 2.57 bits per heavy atom. The zero-order chi connectivity index (χ0) is 16.8. The molecule has 5 nitrogen and oxygen atoms in total. The van der Waals surface area contributed by atoms with E-state index in [4.69, 9.17) is 9.47 Å². The molecule has 124 valence electrons. The van der Waals surface area contributed by atoms with Crippen molar-refractivity contribution in [3.8, 4) is 11.5 Å². The lowest BCUT2D eigenvalue weighted by Gasteiger charge is -2.19. The highest BCUT2D eigenvalue weighted by Gasteiger charge is 2.15. The Balaban J connectivity index is 2.14. The SMILES string of the molecule is CCN(CC)C(=O)c1ccc(OCc2csc(C)n2)c(OC)c1. The molecular formula is C17H22N2O3S. The quantitative estimate of drug-likeness (QED) is 0.777. The Hall–Kier alpha value is -2.08. The summed E-state index contributed by atoms with van der Waals surface area (Å²) in [6, 6.07) is 5.27. The molecule has 1 aromatic carbocycles. The van der Waals surface area contributed by atoms with Crippen molar-refractivity contribution in [1.29, 1.82) is 0 Å². The molecule has 1 amide bonds. The number of carbonyl (C=O) groups is 1. The number of hydrogen-bond acceptors (Lipinski definition) is 5. The molecule has 0 aliphatic heterocycles. The summed E-state index contributed by atoms with van der Waals surface area (Å²) in [6.07, 6.45) is 0. The third kappa shape index (κ3) is 4.22. The number of thiazole rings is 1. The van der Waals surface area contributed by atoms with Gasteiger partial charge in [-0.3, -0.25) is 4.79 Å². The molecule has 2 rings (SSSR count). The smallest absolute Gasteiger partial charge is 0.253 e. The van der Waals surface area contributed by atoms with Gasteiger partial charge in [0.15, 0.2) is 11.5 Å². The summed E-state index contributed by atoms with van der Waals surface area (Å²) in [7, 11) is 1.57. The molecule has 0 aliphatic carbocycles. The third-order valence-electron chi connectivity index (χ3n) is 3.50. The number of aryl methyl sites for hydroxylation is 1. The number of aromatic nitrogens is 1. The number of rotatable bonds is 7. The van der Waals surface area contributed by atoms with Crippen LogP contribution in [0.3, 0.4) is 0 Å². The van der Waals surface area contributed by atoms with E-state index in [1.54, 1.807) is 41.5 Å². The standard InChI is InChI=1S/C17H22N2O3S/c1-5-19(6-2)17(20)13-7-8-15(16(9-13)21-4)22-10-14-11-23-12(3)18-14/h7-9,11H,5-6,10H2,1-4H3. The Labute approximate surface area is 140 Å². The van der Waals surface area contributed by atoms with Gasteiger partial charge in [-0.05, 0) is 39.0 Å². The largest absolute Gasteiger partial charge is 0.493 e. The average molecular weight is 334 g/mol. The number of hydrogen-bond donors (Lipinski definition) is 0. The van der Waals surface area contributed by atoms with Crippen LogP contribution < -0.4 is 9.47 Å². The van der Waals surface area contributed by atoms with Crippen LogP contribution in [0.1, 0.15) is 34.9 Å². The predicted octanol–water partition coefficient (Wildman–Crippen LogP) is 3.52. The molecule has 0 radical (unpaired) electrons. The minimum absolute atomic E-state index is 0.00465. The molecule has 1 heterocycles. The van der Waals surface area contributed by atoms with Gasteiger partial charge in [0.05, 0.1) is 17.8 Å². The molecule has 0 atom stereocenters. The molecule has 23 heavy (non-hydrogen) atoms. The molecule has 6 heteroatoms. The van der Waals surface area contributed by atoms with E-state index in [0.717, 1.165) is 10.7 Å². The lowest BCUT2D eigenvalue weighted by Crippen LogP contribution is -2.30. The average Bonchev–Trinajstić information content (AvgIpc) is 2.99. The fourth-order valence-corrected chi connectivity index (χ4v) is 2.84. The van der Waals surface area contributed by atoms with E-state index in [9.17, 15) is 4.79 Å². The number of amides is 1. The Kier molecular flexibility index (Phi) is 5.98. The first kappa shape index (κ1) is 17.3. The fraction of sp³-hybridized carbons (Fsp3) is 0.412. The van der Waals surface area contributed by atoms with Crippen LogP contribution in [0.5, 0.6) is 11.5 Å². The molecule has 0 saturated heterocycles. The van der Waals surface area contributed by atoms with Gasteiger partial charge >= 0.3 is 0 Å². The van der Waals surface area contributed by atoms with E-state index in [0.29, 0.717) is 36.8 Å². The molecule has 0 unspecified atom stereocenters. The van der Waals surface area contributed by atoms with E-state index >= 15 is 0 Å². The number of nitrogens with zero attached hydrogens (tertiary/aromatic N) is 2. The maximum Gasteiger partial charge on any atom is 0.253 e. The second-order valence-electron chi connectivity index (χ2n) is 4.99. The maximum absolute atomic E-state index is 12.4. The second kappa shape index (κ2) is 7.97. The molecule has 0 N–H and O–H groups in total. The van der Waals surface area contributed by atoms with Crippen LogP contribution in [0.2, 0.25) is 0 Å². The molecule has 2 aromatic rings. The summed E-state index contributed by atoms with van der Waals surface area (Å²) in [5.74, 6) is 1.15. The van der Waals surface area contributed by atoms with E-state index in [1.807, 2.05) is 26.2 Å². The number of carbonyl (C=O) groups excluding carboxylic acids is 1. The van der Waals surface area contributed by atoms with Gasteiger partial charge in [0, 0.05) is 24.0 Å². The molecule has 0 saturated carbocycles. The van der Waals surface area contributed by atoms with Crippen LogP contribution >= 0.6 is 11.3 Å². The molecular weight excluding hydrogens is 312 g/mol. The van der Waals surface area contributed by atoms with Crippen molar-refractivity contribution in [2.75, 3.05) is 20.2 Å². The van der Waals surface area contributed by atoms with Crippen LogP contribution in [0.4, 0.5) is 0 Å². The third-order valence-corrected chi connectivity index (χ3v) is 4.33. The highest BCUT2D eigenvalue weighted by molar-refractivity contribution is 7.09. The number of benzene rings is 1. The summed E-state index contributed by atoms with van der Waals surface area (Å²) < 4.78 is 11.1. The van der Waals surface area contributed by atoms with Crippen molar-refractivity contribution >= 4 is 17.2 Å². The van der Waals surface area contributed by atoms with Gasteiger partial charge in [0.25, 0.3) is 5.91 Å². The van der Waals surface area contributed by atoms with Crippen molar-refractivity contribution in [2.24, 2.45) is 0 Å². The summed E-state index contributed by atoms with van der Waals surface area (Å²) in [4.78, 5) is 18.5. The van der Waals surface area contributed by atoms with Crippen LogP contribution in [0, 0.1) is 6.92 Å². The lowest BCUT2D eigenvalue weighted by atomic mass is 10.1. The van der Waals surface area contributed by atoms with Gasteiger partial charge in [-0.2, -0.15) is 0 Å². The summed E-state index contributed by atoms with van der Waals surface area (Å²) in [5.41, 5.74) is 1.49. The Morgan fingerprint density at radius 2 is 2.00 bits per heavy atom. The summed E-state index contributed by atoms with van der Waals surface area (Å²) in [6.45, 7) is 7.63. The van der Waals surface area contributed by atoms with E-state index in [1.165, 1.54) is 0 Å². The minimum atomic E-state index is -0.00465. The maximum atomic E-state index is 12.4. The zero-order valence-electron chi connectivity index (χ0n) is 14.0. The Morgan fingerprint density at radius 1 is 1.26 bits per heavy atom. The molecule has 0 fully saturated rings. The van der Waals surface area contributed by atoms with Crippen LogP contribution in [0.15, 0.2) is 23.6 Å². The van der Waals surface area contributed by atoms with Crippen molar-refractivity contribution in [1.82, 2.24) is 9.88 Å². The van der Waals surface area contributed by atoms with Gasteiger partial charge in [-0.1, -0.05) is 0 Å². The first-order valence-corrected chi connectivity index (χ1v) is 8.48. The lowest BCUT2D eigenvalue weighted by molar-refractivity contribution is 0.0772. The van der Waals surface area contributed by atoms with Crippen LogP contribution in [-0.2, 0) is 6.61 Å². The first-order chi connectivity index (χ1) is 11.1. The van der Waals surface area contributed by atoms with E-state index < -0.39 is 0 Å². The fourth-order valence-electron chi connectivity index (χ4n) is 2.24. The van der Waals surface area contributed by atoms with Crippen molar-refractivity contribution in [3.63, 3.8) is 0 Å². The van der Waals surface area contributed by atoms with E-state index in [2.05, 4.69) is 4.98 Å². The zero-order valence-corrected chi connectivity index (χ0v) is 14.8. The normalized spacial score (nSPS) is 10.4. The van der Waals surface area contributed by atoms with E-state index in [-0.39, 0.29) is 5.91 Å². The molecule has 1 aromatic heterocycles. The predicted molar refractivity (Wildman–Crippen MR) is 91.4 cm³/mol. The van der Waals surface area contributed by atoms with Crippen LogP contribution in [-0.4, -0.2) is 36.0 Å². The van der Waals surface area contributed by atoms with Gasteiger partial charge in [-0.15, -0.1) is 11.3 Å². The molecule has 0 bridgehead atoms. The topological polar surface area (TPSA) is 51.7 Å². The van der Waals surface area contributed by atoms with Gasteiger partial charge in [-0.25, -0.2) is 4.98 Å². The highest BCUT2D eigenvalue weighted by Crippen LogP contribution is 2.29. The molecule has 0 aliphatic rings. The van der Waals surface area contributed by atoms with Crippen molar-refractivity contribution in [3.05, 3.63) is 39.8 Å². The van der Waals surface area contributed by atoms with Crippen molar-refractivity contribution in [2.45, 2.75) is 27.4 Å². The minimum Gasteiger partial charge on any atom is -0.493 e. The second-order valence-corrected chi connectivity index (χ2v) is 6.05. The monoisotopic (exact) mass is 334 g/mol. The van der Waals surface area contributed by atoms with Crippen LogP contribution in [0.25, 0.3) is 0 Å². The van der Waals surface area contributed by atoms with Gasteiger partial charge in [0.1, 0.15) is 6.61 Å². The Bertz CT molecular complexity index is 666. The van der Waals surface area contributed by atoms with Gasteiger partial charge < -0.3 is 14.4 Å². The highest BCUT2D eigenvalue weighted by atomic mass is 32.1. The van der Waals surface area contributed by atoms with Crippen molar-refractivity contribution < 1.29 is 14.3 Å². The number of ether oxygens (including phenoxy) is 2. The first-order valence-electron chi connectivity index (χ1n) is 7.60. The number of methoxy groups -OCH3 is 1. The summed E-state index contributed by atoms with van der Waals surface area (Å²) in [5, 5.41) is 2.98. The summed E-state index contributed by atoms with van der Waals surface area (Å²) >= 11 is 1.59.